The lowest BCUT2D eigenvalue weighted by molar-refractivity contribution is -0.127. The fourth-order valence-electron chi connectivity index (χ4n) is 5.80. The van der Waals surface area contributed by atoms with Crippen molar-refractivity contribution >= 4 is 29.1 Å². The third-order valence-electron chi connectivity index (χ3n) is 7.11. The van der Waals surface area contributed by atoms with Crippen LogP contribution in [0.5, 0.6) is 0 Å². The highest BCUT2D eigenvalue weighted by Gasteiger charge is 2.74. The Balaban J connectivity index is 1.56. The van der Waals surface area contributed by atoms with Crippen molar-refractivity contribution in [3.63, 3.8) is 0 Å². The standard InChI is InChI=1S/C28H21NO5/c1-15-12-16(2)14-18(13-15)29-26(32)21-22(27(29)33)28(34-23(21)17-8-4-3-5-9-17)24(30)19-10-6-7-11-20(19)25(28)31/h3-14,21-23H,1-2H3. The molecule has 3 unspecified atom stereocenters. The van der Waals surface area contributed by atoms with Gasteiger partial charge in [0.2, 0.25) is 29.0 Å². The summed E-state index contributed by atoms with van der Waals surface area (Å²) in [6.45, 7) is 3.78. The number of hydrogen-bond donors (Lipinski definition) is 0. The maximum atomic E-state index is 13.9. The largest absolute Gasteiger partial charge is 0.349 e. The summed E-state index contributed by atoms with van der Waals surface area (Å²) in [5, 5.41) is 0. The van der Waals surface area contributed by atoms with E-state index in [2.05, 4.69) is 0 Å². The number of aryl methyl sites for hydroxylation is 2. The molecule has 3 aromatic rings. The molecule has 2 saturated heterocycles. The van der Waals surface area contributed by atoms with Crippen LogP contribution in [0.3, 0.4) is 0 Å². The molecule has 1 aliphatic carbocycles. The first-order valence-electron chi connectivity index (χ1n) is 11.2. The first-order valence-corrected chi connectivity index (χ1v) is 11.2. The van der Waals surface area contributed by atoms with Crippen LogP contribution in [-0.2, 0) is 14.3 Å². The smallest absolute Gasteiger partial charge is 0.241 e. The molecule has 0 aromatic heterocycles. The molecule has 0 saturated carbocycles. The summed E-state index contributed by atoms with van der Waals surface area (Å²) >= 11 is 0. The molecule has 0 radical (unpaired) electrons. The van der Waals surface area contributed by atoms with Crippen LogP contribution >= 0.6 is 0 Å². The van der Waals surface area contributed by atoms with Crippen molar-refractivity contribution < 1.29 is 23.9 Å². The molecular formula is C28H21NO5. The van der Waals surface area contributed by atoms with Crippen molar-refractivity contribution in [2.45, 2.75) is 25.6 Å². The lowest BCUT2D eigenvalue weighted by Crippen LogP contribution is -2.51. The van der Waals surface area contributed by atoms with E-state index in [1.807, 2.05) is 26.0 Å². The Morgan fingerprint density at radius 3 is 1.88 bits per heavy atom. The summed E-state index contributed by atoms with van der Waals surface area (Å²) in [6.07, 6.45) is -0.902. The number of ketones is 2. The molecule has 6 nitrogen and oxygen atoms in total. The van der Waals surface area contributed by atoms with Gasteiger partial charge < -0.3 is 4.74 Å². The van der Waals surface area contributed by atoms with Gasteiger partial charge in [-0.25, -0.2) is 4.90 Å². The number of anilines is 1. The van der Waals surface area contributed by atoms with Crippen LogP contribution in [0.25, 0.3) is 0 Å². The van der Waals surface area contributed by atoms with E-state index < -0.39 is 46.9 Å². The maximum absolute atomic E-state index is 13.9. The zero-order valence-electron chi connectivity index (χ0n) is 18.6. The number of imide groups is 1. The van der Waals surface area contributed by atoms with Gasteiger partial charge in [0.1, 0.15) is 0 Å². The van der Waals surface area contributed by atoms with Crippen LogP contribution in [0.4, 0.5) is 5.69 Å². The Labute approximate surface area is 196 Å². The summed E-state index contributed by atoms with van der Waals surface area (Å²) in [7, 11) is 0. The average molecular weight is 451 g/mol. The minimum Gasteiger partial charge on any atom is -0.349 e. The number of hydrogen-bond acceptors (Lipinski definition) is 5. The number of ether oxygens (including phenoxy) is 1. The maximum Gasteiger partial charge on any atom is 0.241 e. The van der Waals surface area contributed by atoms with Crippen molar-refractivity contribution in [3.05, 3.63) is 101 Å². The van der Waals surface area contributed by atoms with Gasteiger partial charge in [-0.1, -0.05) is 60.7 Å². The van der Waals surface area contributed by atoms with Gasteiger partial charge in [0.15, 0.2) is 0 Å². The summed E-state index contributed by atoms with van der Waals surface area (Å²) in [6, 6.07) is 21.0. The van der Waals surface area contributed by atoms with Gasteiger partial charge in [0, 0.05) is 11.1 Å². The summed E-state index contributed by atoms with van der Waals surface area (Å²) in [5.74, 6) is -4.36. The normalized spacial score (nSPS) is 24.8. The second-order valence-corrected chi connectivity index (χ2v) is 9.25. The summed E-state index contributed by atoms with van der Waals surface area (Å²) in [5.41, 5.74) is 1.30. The van der Waals surface area contributed by atoms with E-state index >= 15 is 0 Å². The van der Waals surface area contributed by atoms with Crippen molar-refractivity contribution in [2.24, 2.45) is 11.8 Å². The predicted octanol–water partition coefficient (Wildman–Crippen LogP) is 4.00. The lowest BCUT2D eigenvalue weighted by Gasteiger charge is -2.27. The van der Waals surface area contributed by atoms with Crippen molar-refractivity contribution in [1.29, 1.82) is 0 Å². The highest BCUT2D eigenvalue weighted by Crippen LogP contribution is 2.57. The number of carbonyl (C=O) groups excluding carboxylic acids is 4. The van der Waals surface area contributed by atoms with E-state index in [-0.39, 0.29) is 11.1 Å². The number of fused-ring (bicyclic) bond motifs is 3. The Bertz CT molecular complexity index is 1350. The predicted molar refractivity (Wildman–Crippen MR) is 123 cm³/mol. The Morgan fingerprint density at radius 1 is 0.735 bits per heavy atom. The van der Waals surface area contributed by atoms with Crippen LogP contribution in [0, 0.1) is 25.7 Å². The van der Waals surface area contributed by atoms with Crippen LogP contribution in [0.2, 0.25) is 0 Å². The van der Waals surface area contributed by atoms with Crippen LogP contribution in [0.1, 0.15) is 43.5 Å². The van der Waals surface area contributed by atoms with E-state index in [1.54, 1.807) is 60.7 Å². The Hall–Kier alpha value is -3.90. The molecule has 2 aliphatic heterocycles. The number of benzene rings is 3. The van der Waals surface area contributed by atoms with Crippen molar-refractivity contribution in [2.75, 3.05) is 4.90 Å². The lowest BCUT2D eigenvalue weighted by atomic mass is 9.77. The van der Waals surface area contributed by atoms with Gasteiger partial charge in [-0.05, 0) is 42.7 Å². The topological polar surface area (TPSA) is 80.8 Å². The van der Waals surface area contributed by atoms with E-state index in [9.17, 15) is 19.2 Å². The SMILES string of the molecule is Cc1cc(C)cc(N2C(=O)C3C(c4ccccc4)OC4(C(=O)c5ccccc5C4=O)C3C2=O)c1. The number of Topliss-reactive ketones (excluding diaryl/α,β-unsaturated/α-hetero) is 2. The molecular weight excluding hydrogens is 430 g/mol. The van der Waals surface area contributed by atoms with Crippen molar-refractivity contribution in [1.82, 2.24) is 0 Å². The molecule has 168 valence electrons. The number of rotatable bonds is 2. The average Bonchev–Trinajstić information content (AvgIpc) is 3.39. The molecule has 2 amide bonds. The van der Waals surface area contributed by atoms with Gasteiger partial charge in [-0.3, -0.25) is 19.2 Å². The molecule has 2 heterocycles. The first-order chi connectivity index (χ1) is 16.3. The summed E-state index contributed by atoms with van der Waals surface area (Å²) in [4.78, 5) is 56.3. The zero-order chi connectivity index (χ0) is 23.8. The zero-order valence-corrected chi connectivity index (χ0v) is 18.6. The fourth-order valence-corrected chi connectivity index (χ4v) is 5.80. The molecule has 0 bridgehead atoms. The molecule has 6 rings (SSSR count). The minimum absolute atomic E-state index is 0.227. The number of nitrogens with zero attached hydrogens (tertiary/aromatic N) is 1. The molecule has 34 heavy (non-hydrogen) atoms. The van der Waals surface area contributed by atoms with E-state index in [1.165, 1.54) is 0 Å². The quantitative estimate of drug-likeness (QED) is 0.435. The molecule has 2 fully saturated rings. The van der Waals surface area contributed by atoms with Gasteiger partial charge in [0.05, 0.1) is 23.6 Å². The second-order valence-electron chi connectivity index (χ2n) is 9.25. The monoisotopic (exact) mass is 451 g/mol. The molecule has 0 N–H and O–H groups in total. The van der Waals surface area contributed by atoms with Gasteiger partial charge in [-0.15, -0.1) is 0 Å². The molecule has 6 heteroatoms. The van der Waals surface area contributed by atoms with Crippen LogP contribution in [-0.4, -0.2) is 29.0 Å². The Kier molecular flexibility index (Phi) is 4.29. The Morgan fingerprint density at radius 2 is 1.29 bits per heavy atom. The van der Waals surface area contributed by atoms with Crippen LogP contribution in [0.15, 0.2) is 72.8 Å². The van der Waals surface area contributed by atoms with Gasteiger partial charge >= 0.3 is 0 Å². The molecule has 3 aliphatic rings. The number of amides is 2. The highest BCUT2D eigenvalue weighted by atomic mass is 16.5. The highest BCUT2D eigenvalue weighted by molar-refractivity contribution is 6.37. The van der Waals surface area contributed by atoms with Crippen LogP contribution < -0.4 is 4.90 Å². The summed E-state index contributed by atoms with van der Waals surface area (Å²) < 4.78 is 6.28. The number of carbonyl (C=O) groups is 4. The third-order valence-corrected chi connectivity index (χ3v) is 7.11. The third kappa shape index (κ3) is 2.54. The molecule has 1 spiro atoms. The van der Waals surface area contributed by atoms with E-state index in [0.717, 1.165) is 16.0 Å². The van der Waals surface area contributed by atoms with Crippen molar-refractivity contribution in [3.8, 4) is 0 Å². The second kappa shape index (κ2) is 7.05. The van der Waals surface area contributed by atoms with Gasteiger partial charge in [0.25, 0.3) is 0 Å². The first kappa shape index (κ1) is 20.7. The molecule has 3 aromatic carbocycles. The minimum atomic E-state index is -2.05. The molecule has 3 atom stereocenters. The van der Waals surface area contributed by atoms with Gasteiger partial charge in [-0.2, -0.15) is 0 Å². The van der Waals surface area contributed by atoms with E-state index in [4.69, 9.17) is 4.74 Å². The fraction of sp³-hybridized carbons (Fsp3) is 0.214. The van der Waals surface area contributed by atoms with E-state index in [0.29, 0.717) is 11.3 Å².